The van der Waals surface area contributed by atoms with E-state index in [4.69, 9.17) is 18.9 Å². The third kappa shape index (κ3) is 17.7. The van der Waals surface area contributed by atoms with Crippen molar-refractivity contribution in [2.45, 2.75) is 173 Å². The lowest BCUT2D eigenvalue weighted by atomic mass is 9.99. The molecule has 4 N–H and O–H groups in total. The number of hydrogen-bond donors (Lipinski definition) is 4. The van der Waals surface area contributed by atoms with Crippen LogP contribution in [-0.2, 0) is 28.5 Å². The van der Waals surface area contributed by atoms with Crippen molar-refractivity contribution < 1.29 is 49.0 Å². The summed E-state index contributed by atoms with van der Waals surface area (Å²) >= 11 is 0. The first kappa shape index (κ1) is 38.7. The zero-order valence-corrected chi connectivity index (χ0v) is 26.3. The van der Waals surface area contributed by atoms with Crippen LogP contribution in [0.3, 0.4) is 0 Å². The van der Waals surface area contributed by atoms with Gasteiger partial charge in [-0.1, -0.05) is 110 Å². The van der Waals surface area contributed by atoms with E-state index in [1.807, 2.05) is 0 Å². The molecule has 0 aliphatic carbocycles. The van der Waals surface area contributed by atoms with Crippen molar-refractivity contribution in [1.29, 1.82) is 0 Å². The standard InChI is InChI=1S/C32H60O10/c1-3-5-7-9-11-12-13-15-16-18-20-27(34)39-23-25(41-28(35)21-19-17-14-10-8-6-4-2)24-40-32-31(38)30(37)29(36)26(22-33)42-32/h25-26,29-33,36-38H,3-24H2,1-2H3/t25-,26-,29+,30+,31-,32-/m1/s1. The van der Waals surface area contributed by atoms with E-state index in [2.05, 4.69) is 13.8 Å². The monoisotopic (exact) mass is 604 g/mol. The van der Waals surface area contributed by atoms with Crippen LogP contribution >= 0.6 is 0 Å². The molecule has 0 bridgehead atoms. The molecule has 1 saturated heterocycles. The van der Waals surface area contributed by atoms with Crippen molar-refractivity contribution in [3.63, 3.8) is 0 Å². The first-order chi connectivity index (χ1) is 20.3. The van der Waals surface area contributed by atoms with E-state index >= 15 is 0 Å². The molecular weight excluding hydrogens is 544 g/mol. The number of esters is 2. The van der Waals surface area contributed by atoms with E-state index in [1.54, 1.807) is 0 Å². The van der Waals surface area contributed by atoms with Crippen molar-refractivity contribution >= 4 is 11.9 Å². The van der Waals surface area contributed by atoms with Gasteiger partial charge in [-0.05, 0) is 12.8 Å². The zero-order valence-electron chi connectivity index (χ0n) is 26.3. The van der Waals surface area contributed by atoms with Gasteiger partial charge in [-0.3, -0.25) is 9.59 Å². The largest absolute Gasteiger partial charge is 0.462 e. The second-order valence-corrected chi connectivity index (χ2v) is 11.6. The number of ether oxygens (including phenoxy) is 4. The molecule has 0 amide bonds. The molecule has 1 rings (SSSR count). The Kier molecular flexibility index (Phi) is 23.1. The van der Waals surface area contributed by atoms with Crippen molar-refractivity contribution in [3.8, 4) is 0 Å². The molecule has 1 heterocycles. The molecule has 0 saturated carbocycles. The Labute approximate surface area is 253 Å². The van der Waals surface area contributed by atoms with Gasteiger partial charge in [0.15, 0.2) is 12.4 Å². The highest BCUT2D eigenvalue weighted by atomic mass is 16.7. The summed E-state index contributed by atoms with van der Waals surface area (Å²) in [7, 11) is 0. The summed E-state index contributed by atoms with van der Waals surface area (Å²) < 4.78 is 21.9. The number of aliphatic hydroxyl groups is 4. The molecule has 10 heteroatoms. The van der Waals surface area contributed by atoms with Crippen LogP contribution in [-0.4, -0.2) is 89.0 Å². The van der Waals surface area contributed by atoms with E-state index < -0.39 is 49.4 Å². The van der Waals surface area contributed by atoms with Crippen LogP contribution in [0.2, 0.25) is 0 Å². The summed E-state index contributed by atoms with van der Waals surface area (Å²) in [6.45, 7) is 3.32. The molecule has 10 nitrogen and oxygen atoms in total. The lowest BCUT2D eigenvalue weighted by molar-refractivity contribution is -0.305. The van der Waals surface area contributed by atoms with E-state index in [1.165, 1.54) is 64.2 Å². The quantitative estimate of drug-likeness (QED) is 0.0807. The Bertz CT molecular complexity index is 674. The third-order valence-corrected chi connectivity index (χ3v) is 7.74. The molecule has 0 radical (unpaired) electrons. The average Bonchev–Trinajstić information content (AvgIpc) is 2.98. The van der Waals surface area contributed by atoms with Crippen LogP contribution in [0.15, 0.2) is 0 Å². The van der Waals surface area contributed by atoms with Crippen molar-refractivity contribution in [3.05, 3.63) is 0 Å². The van der Waals surface area contributed by atoms with Gasteiger partial charge in [0.2, 0.25) is 0 Å². The minimum Gasteiger partial charge on any atom is -0.462 e. The zero-order chi connectivity index (χ0) is 31.0. The lowest BCUT2D eigenvalue weighted by Crippen LogP contribution is -2.59. The first-order valence-corrected chi connectivity index (χ1v) is 16.6. The van der Waals surface area contributed by atoms with E-state index in [0.717, 1.165) is 38.5 Å². The summed E-state index contributed by atoms with van der Waals surface area (Å²) in [4.78, 5) is 24.9. The fourth-order valence-corrected chi connectivity index (χ4v) is 5.01. The fraction of sp³-hybridized carbons (Fsp3) is 0.938. The minimum atomic E-state index is -1.59. The normalized spacial score (nSPS) is 23.0. The molecule has 6 atom stereocenters. The molecule has 0 spiro atoms. The molecular formula is C32H60O10. The van der Waals surface area contributed by atoms with E-state index in [-0.39, 0.29) is 32.0 Å². The van der Waals surface area contributed by atoms with Crippen LogP contribution in [0.25, 0.3) is 0 Å². The number of carbonyl (C=O) groups excluding carboxylic acids is 2. The Morgan fingerprint density at radius 3 is 1.62 bits per heavy atom. The summed E-state index contributed by atoms with van der Waals surface area (Å²) in [5, 5.41) is 39.6. The Balaban J connectivity index is 2.46. The van der Waals surface area contributed by atoms with E-state index in [0.29, 0.717) is 6.42 Å². The van der Waals surface area contributed by atoms with Crippen LogP contribution in [0, 0.1) is 0 Å². The van der Waals surface area contributed by atoms with Gasteiger partial charge in [0.25, 0.3) is 0 Å². The molecule has 1 fully saturated rings. The summed E-state index contributed by atoms with van der Waals surface area (Å²) in [5.74, 6) is -0.813. The third-order valence-electron chi connectivity index (χ3n) is 7.74. The van der Waals surface area contributed by atoms with Crippen molar-refractivity contribution in [2.75, 3.05) is 19.8 Å². The Hall–Kier alpha value is -1.30. The van der Waals surface area contributed by atoms with Crippen LogP contribution in [0.4, 0.5) is 0 Å². The molecule has 0 aromatic heterocycles. The molecule has 248 valence electrons. The van der Waals surface area contributed by atoms with Gasteiger partial charge in [0.05, 0.1) is 13.2 Å². The molecule has 0 aromatic carbocycles. The van der Waals surface area contributed by atoms with Gasteiger partial charge < -0.3 is 39.4 Å². The minimum absolute atomic E-state index is 0.212. The topological polar surface area (TPSA) is 152 Å². The second kappa shape index (κ2) is 25.1. The summed E-state index contributed by atoms with van der Waals surface area (Å²) in [5.41, 5.74) is 0. The summed E-state index contributed by atoms with van der Waals surface area (Å²) in [6.07, 6.45) is 11.5. The number of carbonyl (C=O) groups is 2. The van der Waals surface area contributed by atoms with Gasteiger partial charge in [-0.25, -0.2) is 0 Å². The number of hydrogen-bond acceptors (Lipinski definition) is 10. The molecule has 1 aliphatic rings. The van der Waals surface area contributed by atoms with Crippen LogP contribution < -0.4 is 0 Å². The molecule has 42 heavy (non-hydrogen) atoms. The Morgan fingerprint density at radius 2 is 1.12 bits per heavy atom. The molecule has 1 aliphatic heterocycles. The van der Waals surface area contributed by atoms with Gasteiger partial charge in [-0.2, -0.15) is 0 Å². The number of unbranched alkanes of at least 4 members (excludes halogenated alkanes) is 15. The van der Waals surface area contributed by atoms with Gasteiger partial charge in [0, 0.05) is 12.8 Å². The van der Waals surface area contributed by atoms with Gasteiger partial charge in [0.1, 0.15) is 31.0 Å². The molecule has 0 aromatic rings. The predicted octanol–water partition coefficient (Wildman–Crippen LogP) is 4.71. The maximum atomic E-state index is 12.5. The second-order valence-electron chi connectivity index (χ2n) is 11.6. The van der Waals surface area contributed by atoms with Crippen LogP contribution in [0.5, 0.6) is 0 Å². The highest BCUT2D eigenvalue weighted by molar-refractivity contribution is 5.70. The summed E-state index contributed by atoms with van der Waals surface area (Å²) in [6, 6.07) is 0. The van der Waals surface area contributed by atoms with Crippen molar-refractivity contribution in [1.82, 2.24) is 0 Å². The number of aliphatic hydroxyl groups excluding tert-OH is 4. The van der Waals surface area contributed by atoms with Gasteiger partial charge >= 0.3 is 11.9 Å². The average molecular weight is 605 g/mol. The highest BCUT2D eigenvalue weighted by Gasteiger charge is 2.44. The first-order valence-electron chi connectivity index (χ1n) is 16.6. The lowest BCUT2D eigenvalue weighted by Gasteiger charge is -2.39. The Morgan fingerprint density at radius 1 is 0.643 bits per heavy atom. The molecule has 0 unspecified atom stereocenters. The highest BCUT2D eigenvalue weighted by Crippen LogP contribution is 2.22. The predicted molar refractivity (Wildman–Crippen MR) is 160 cm³/mol. The van der Waals surface area contributed by atoms with Gasteiger partial charge in [-0.15, -0.1) is 0 Å². The maximum absolute atomic E-state index is 12.5. The van der Waals surface area contributed by atoms with Crippen molar-refractivity contribution in [2.24, 2.45) is 0 Å². The van der Waals surface area contributed by atoms with E-state index in [9.17, 15) is 30.0 Å². The maximum Gasteiger partial charge on any atom is 0.306 e. The van der Waals surface area contributed by atoms with Crippen LogP contribution in [0.1, 0.15) is 136 Å². The number of rotatable bonds is 26. The SMILES string of the molecule is CCCCCCCCCCCCC(=O)OC[C@H](CO[C@@H]1O[C@H](CO)[C@H](O)[C@H](O)[C@H]1O)OC(=O)CCCCCCCCC. The fourth-order valence-electron chi connectivity index (χ4n) is 5.01. The smallest absolute Gasteiger partial charge is 0.306 e.